The third-order valence-corrected chi connectivity index (χ3v) is 3.34. The topological polar surface area (TPSA) is 29.5 Å². The van der Waals surface area contributed by atoms with Gasteiger partial charge in [-0.3, -0.25) is 0 Å². The first-order valence-corrected chi connectivity index (χ1v) is 5.89. The highest BCUT2D eigenvalue weighted by Crippen LogP contribution is 2.15. The molecule has 0 saturated heterocycles. The first-order valence-electron chi connectivity index (χ1n) is 5.01. The highest BCUT2D eigenvalue weighted by atomic mass is 32.1. The van der Waals surface area contributed by atoms with Crippen LogP contribution in [0.15, 0.2) is 17.5 Å². The smallest absolute Gasteiger partial charge is 0.0827 e. The van der Waals surface area contributed by atoms with Crippen LogP contribution in [-0.2, 0) is 11.2 Å². The minimum atomic E-state index is -0.341. The summed E-state index contributed by atoms with van der Waals surface area (Å²) in [5.74, 6) is 0. The van der Waals surface area contributed by atoms with Gasteiger partial charge in [0.25, 0.3) is 0 Å². The molecule has 0 saturated carbocycles. The van der Waals surface area contributed by atoms with E-state index in [1.54, 1.807) is 18.4 Å². The van der Waals surface area contributed by atoms with Crippen LogP contribution in [0.1, 0.15) is 24.6 Å². The summed E-state index contributed by atoms with van der Waals surface area (Å²) in [7, 11) is 1.66. The molecule has 0 fully saturated rings. The first kappa shape index (κ1) is 11.7. The molecule has 0 aliphatic heterocycles. The van der Waals surface area contributed by atoms with E-state index in [4.69, 9.17) is 4.74 Å². The molecule has 0 bridgehead atoms. The van der Waals surface area contributed by atoms with E-state index in [-0.39, 0.29) is 12.2 Å². The molecule has 0 spiro atoms. The fraction of sp³-hybridized carbons (Fsp3) is 0.636. The number of ether oxygens (including phenoxy) is 1. The molecule has 0 aliphatic carbocycles. The van der Waals surface area contributed by atoms with Gasteiger partial charge in [0.05, 0.1) is 12.2 Å². The molecule has 1 N–H and O–H groups in total. The van der Waals surface area contributed by atoms with Crippen molar-refractivity contribution in [2.75, 3.05) is 7.11 Å². The van der Waals surface area contributed by atoms with E-state index in [1.807, 2.05) is 13.0 Å². The zero-order chi connectivity index (χ0) is 10.4. The Kier molecular flexibility index (Phi) is 5.15. The third kappa shape index (κ3) is 3.40. The van der Waals surface area contributed by atoms with E-state index >= 15 is 0 Å². The van der Waals surface area contributed by atoms with Crippen LogP contribution in [0.5, 0.6) is 0 Å². The predicted octanol–water partition coefficient (Wildman–Crippen LogP) is 2.47. The number of methoxy groups -OCH3 is 1. The van der Waals surface area contributed by atoms with Gasteiger partial charge in [-0.25, -0.2) is 0 Å². The maximum absolute atomic E-state index is 9.79. The largest absolute Gasteiger partial charge is 0.390 e. The minimum Gasteiger partial charge on any atom is -0.390 e. The van der Waals surface area contributed by atoms with Gasteiger partial charge < -0.3 is 9.84 Å². The van der Waals surface area contributed by atoms with E-state index in [9.17, 15) is 5.11 Å². The van der Waals surface area contributed by atoms with Crippen molar-refractivity contribution < 1.29 is 9.84 Å². The first-order chi connectivity index (χ1) is 6.77. The SMILES string of the molecule is CCC(OC)C(O)CCc1cccs1. The normalized spacial score (nSPS) is 15.4. The van der Waals surface area contributed by atoms with E-state index in [0.717, 1.165) is 19.3 Å². The van der Waals surface area contributed by atoms with Crippen LogP contribution in [0.2, 0.25) is 0 Å². The van der Waals surface area contributed by atoms with Gasteiger partial charge in [-0.1, -0.05) is 13.0 Å². The lowest BCUT2D eigenvalue weighted by Gasteiger charge is -2.19. The quantitative estimate of drug-likeness (QED) is 0.788. The van der Waals surface area contributed by atoms with Crippen molar-refractivity contribution in [3.05, 3.63) is 22.4 Å². The molecule has 1 aromatic heterocycles. The fourth-order valence-electron chi connectivity index (χ4n) is 1.53. The molecule has 3 heteroatoms. The maximum Gasteiger partial charge on any atom is 0.0827 e. The Morgan fingerprint density at radius 3 is 2.86 bits per heavy atom. The van der Waals surface area contributed by atoms with Gasteiger partial charge >= 0.3 is 0 Å². The van der Waals surface area contributed by atoms with Gasteiger partial charge in [-0.2, -0.15) is 0 Å². The Morgan fingerprint density at radius 2 is 2.36 bits per heavy atom. The summed E-state index contributed by atoms with van der Waals surface area (Å²) >= 11 is 1.74. The van der Waals surface area contributed by atoms with E-state index < -0.39 is 0 Å². The van der Waals surface area contributed by atoms with Crippen LogP contribution in [0, 0.1) is 0 Å². The molecule has 2 nitrogen and oxygen atoms in total. The summed E-state index contributed by atoms with van der Waals surface area (Å²) in [5, 5.41) is 11.9. The van der Waals surface area contributed by atoms with Crippen molar-refractivity contribution in [1.29, 1.82) is 0 Å². The standard InChI is InChI=1S/C11H18O2S/c1-3-11(13-2)10(12)7-6-9-5-4-8-14-9/h4-5,8,10-12H,3,6-7H2,1-2H3. The van der Waals surface area contributed by atoms with Crippen LogP contribution in [-0.4, -0.2) is 24.4 Å². The summed E-state index contributed by atoms with van der Waals surface area (Å²) in [6.45, 7) is 2.03. The number of aliphatic hydroxyl groups excluding tert-OH is 1. The average molecular weight is 214 g/mol. The van der Waals surface area contributed by atoms with E-state index in [1.165, 1.54) is 4.88 Å². The molecular weight excluding hydrogens is 196 g/mol. The van der Waals surface area contributed by atoms with Crippen molar-refractivity contribution in [2.24, 2.45) is 0 Å². The molecule has 2 atom stereocenters. The molecule has 80 valence electrons. The molecule has 1 rings (SSSR count). The van der Waals surface area contributed by atoms with Crippen molar-refractivity contribution in [1.82, 2.24) is 0 Å². The molecule has 14 heavy (non-hydrogen) atoms. The van der Waals surface area contributed by atoms with Gasteiger partial charge in [-0.15, -0.1) is 11.3 Å². The van der Waals surface area contributed by atoms with Crippen molar-refractivity contribution in [2.45, 2.75) is 38.4 Å². The van der Waals surface area contributed by atoms with Crippen LogP contribution < -0.4 is 0 Å². The van der Waals surface area contributed by atoms with Gasteiger partial charge in [0.2, 0.25) is 0 Å². The summed E-state index contributed by atoms with van der Waals surface area (Å²) in [5.41, 5.74) is 0. The van der Waals surface area contributed by atoms with Crippen molar-refractivity contribution >= 4 is 11.3 Å². The van der Waals surface area contributed by atoms with Crippen molar-refractivity contribution in [3.8, 4) is 0 Å². The Hall–Kier alpha value is -0.380. The number of aliphatic hydroxyl groups is 1. The Balaban J connectivity index is 2.30. The molecule has 0 aliphatic rings. The molecule has 0 amide bonds. The summed E-state index contributed by atoms with van der Waals surface area (Å²) in [4.78, 5) is 1.33. The Labute approximate surface area is 89.5 Å². The minimum absolute atomic E-state index is 0.0186. The van der Waals surface area contributed by atoms with Gasteiger partial charge in [0.1, 0.15) is 0 Å². The van der Waals surface area contributed by atoms with E-state index in [0.29, 0.717) is 0 Å². The molecule has 1 aromatic rings. The lowest BCUT2D eigenvalue weighted by atomic mass is 10.1. The monoisotopic (exact) mass is 214 g/mol. The Morgan fingerprint density at radius 1 is 1.57 bits per heavy atom. The molecule has 1 heterocycles. The fourth-order valence-corrected chi connectivity index (χ4v) is 2.25. The van der Waals surface area contributed by atoms with Gasteiger partial charge in [0, 0.05) is 12.0 Å². The lowest BCUT2D eigenvalue weighted by molar-refractivity contribution is -0.0168. The van der Waals surface area contributed by atoms with Gasteiger partial charge in [-0.05, 0) is 30.7 Å². The highest BCUT2D eigenvalue weighted by molar-refractivity contribution is 7.09. The molecule has 0 radical (unpaired) electrons. The van der Waals surface area contributed by atoms with Crippen LogP contribution in [0.3, 0.4) is 0 Å². The number of aryl methyl sites for hydroxylation is 1. The molecule has 2 unspecified atom stereocenters. The van der Waals surface area contributed by atoms with Crippen molar-refractivity contribution in [3.63, 3.8) is 0 Å². The number of hydrogen-bond acceptors (Lipinski definition) is 3. The highest BCUT2D eigenvalue weighted by Gasteiger charge is 2.16. The zero-order valence-electron chi connectivity index (χ0n) is 8.77. The molecule has 0 aromatic carbocycles. The number of hydrogen-bond donors (Lipinski definition) is 1. The predicted molar refractivity (Wildman–Crippen MR) is 59.7 cm³/mol. The van der Waals surface area contributed by atoms with Crippen LogP contribution in [0.25, 0.3) is 0 Å². The second kappa shape index (κ2) is 6.17. The average Bonchev–Trinajstić information content (AvgIpc) is 2.69. The maximum atomic E-state index is 9.79. The summed E-state index contributed by atoms with van der Waals surface area (Å²) in [6.07, 6.45) is 2.23. The summed E-state index contributed by atoms with van der Waals surface area (Å²) < 4.78 is 5.18. The van der Waals surface area contributed by atoms with Crippen LogP contribution in [0.4, 0.5) is 0 Å². The van der Waals surface area contributed by atoms with E-state index in [2.05, 4.69) is 11.4 Å². The second-order valence-electron chi connectivity index (χ2n) is 3.37. The second-order valence-corrected chi connectivity index (χ2v) is 4.40. The lowest BCUT2D eigenvalue weighted by Crippen LogP contribution is -2.27. The van der Waals surface area contributed by atoms with Crippen LogP contribution >= 0.6 is 11.3 Å². The number of rotatable bonds is 6. The third-order valence-electron chi connectivity index (χ3n) is 2.40. The Bertz CT molecular complexity index is 229. The number of thiophene rings is 1. The summed E-state index contributed by atoms with van der Waals surface area (Å²) in [6, 6.07) is 4.14. The zero-order valence-corrected chi connectivity index (χ0v) is 9.59. The molecular formula is C11H18O2S. The van der Waals surface area contributed by atoms with Gasteiger partial charge in [0.15, 0.2) is 0 Å².